The van der Waals surface area contributed by atoms with Gasteiger partial charge in [0.05, 0.1) is 46.3 Å². The molecular formula is C33H43N2O10+. The third kappa shape index (κ3) is 10.2. The number of carboxylic acid groups (broad SMARTS) is 3. The first kappa shape index (κ1) is 35.4. The standard InChI is InChI=1S/C27H35N2O3.C6H8O7/c1-29(2,17-18-31-21-22-11-5-3-6-12-22)20-25-19-28-26(32-25)27(30,24-15-9-10-16-24)23-13-7-4-8-14-23;7-3(8)1-6(13,5(11)12)2-4(9)10/h3-8,11-14,19,24,30H,9-10,15-18,20-21H2,1-2H3;13H,1-2H2,(H,7,8)(H,9,10)(H,11,12)/q+1;. The monoisotopic (exact) mass is 627 g/mol. The average molecular weight is 628 g/mol. The van der Waals surface area contributed by atoms with Crippen molar-refractivity contribution in [3.8, 4) is 0 Å². The van der Waals surface area contributed by atoms with Crippen molar-refractivity contribution in [2.45, 2.75) is 62.9 Å². The molecule has 0 amide bonds. The zero-order valence-corrected chi connectivity index (χ0v) is 25.7. The molecule has 0 aliphatic heterocycles. The maximum atomic E-state index is 11.9. The Labute approximate surface area is 262 Å². The number of aliphatic hydroxyl groups is 2. The SMILES string of the molecule is C[N+](C)(CCOCc1ccccc1)Cc1cnc(C(O)(c2ccccc2)C2CCCC2)o1.O=C(O)CC(O)(CC(=O)O)C(=O)O. The van der Waals surface area contributed by atoms with Crippen molar-refractivity contribution >= 4 is 17.9 Å². The van der Waals surface area contributed by atoms with E-state index in [1.165, 1.54) is 5.56 Å². The second-order valence-corrected chi connectivity index (χ2v) is 12.1. The summed E-state index contributed by atoms with van der Waals surface area (Å²) in [6.45, 7) is 2.84. The van der Waals surface area contributed by atoms with Gasteiger partial charge in [0.2, 0.25) is 5.89 Å². The van der Waals surface area contributed by atoms with Crippen LogP contribution in [-0.2, 0) is 37.9 Å². The predicted octanol–water partition coefficient (Wildman–Crippen LogP) is 3.65. The van der Waals surface area contributed by atoms with Crippen molar-refractivity contribution in [1.82, 2.24) is 4.98 Å². The fraction of sp³-hybridized carbons (Fsp3) is 0.455. The number of ether oxygens (including phenoxy) is 1. The lowest BCUT2D eigenvalue weighted by Gasteiger charge is -2.32. The molecule has 5 N–H and O–H groups in total. The van der Waals surface area contributed by atoms with E-state index in [0.29, 0.717) is 25.6 Å². The third-order valence-electron chi connectivity index (χ3n) is 7.86. The van der Waals surface area contributed by atoms with Crippen molar-refractivity contribution in [1.29, 1.82) is 0 Å². The molecule has 0 spiro atoms. The summed E-state index contributed by atoms with van der Waals surface area (Å²) in [5.74, 6) is -3.67. The van der Waals surface area contributed by atoms with Crippen molar-refractivity contribution in [3.05, 3.63) is 89.6 Å². The molecule has 12 nitrogen and oxygen atoms in total. The summed E-state index contributed by atoms with van der Waals surface area (Å²) in [4.78, 5) is 35.1. The van der Waals surface area contributed by atoms with Gasteiger partial charge in [0.25, 0.3) is 0 Å². The summed E-state index contributed by atoms with van der Waals surface area (Å²) in [7, 11) is 4.32. The van der Waals surface area contributed by atoms with Crippen LogP contribution in [0.2, 0.25) is 0 Å². The van der Waals surface area contributed by atoms with Crippen LogP contribution in [0, 0.1) is 5.92 Å². The average Bonchev–Trinajstić information content (AvgIpc) is 3.69. The van der Waals surface area contributed by atoms with Gasteiger partial charge in [0.1, 0.15) is 13.1 Å². The van der Waals surface area contributed by atoms with Crippen LogP contribution in [0.1, 0.15) is 61.3 Å². The molecule has 1 fully saturated rings. The van der Waals surface area contributed by atoms with E-state index in [9.17, 15) is 19.5 Å². The second-order valence-electron chi connectivity index (χ2n) is 12.1. The van der Waals surface area contributed by atoms with E-state index < -0.39 is 42.0 Å². The number of carboxylic acids is 3. The van der Waals surface area contributed by atoms with Crippen molar-refractivity contribution in [2.24, 2.45) is 5.92 Å². The molecule has 1 aromatic heterocycles. The molecule has 4 rings (SSSR count). The van der Waals surface area contributed by atoms with Crippen molar-refractivity contribution in [3.63, 3.8) is 0 Å². The van der Waals surface area contributed by atoms with E-state index in [4.69, 9.17) is 29.6 Å². The molecule has 1 saturated carbocycles. The van der Waals surface area contributed by atoms with Crippen LogP contribution in [0.15, 0.2) is 71.3 Å². The molecule has 2 aromatic carbocycles. The fourth-order valence-electron chi connectivity index (χ4n) is 5.42. The highest BCUT2D eigenvalue weighted by atomic mass is 16.5. The number of rotatable bonds is 15. The molecule has 1 aliphatic rings. The van der Waals surface area contributed by atoms with E-state index >= 15 is 0 Å². The van der Waals surface area contributed by atoms with Crippen molar-refractivity contribution < 1.29 is 53.6 Å². The van der Waals surface area contributed by atoms with E-state index in [-0.39, 0.29) is 5.92 Å². The third-order valence-corrected chi connectivity index (χ3v) is 7.86. The first-order chi connectivity index (χ1) is 21.2. The van der Waals surface area contributed by atoms with Crippen LogP contribution >= 0.6 is 0 Å². The first-order valence-corrected chi connectivity index (χ1v) is 14.8. The lowest BCUT2D eigenvalue weighted by Crippen LogP contribution is -2.42. The molecule has 0 saturated heterocycles. The lowest BCUT2D eigenvalue weighted by atomic mass is 9.80. The fourth-order valence-corrected chi connectivity index (χ4v) is 5.42. The molecule has 0 radical (unpaired) electrons. The highest BCUT2D eigenvalue weighted by molar-refractivity contribution is 5.88. The van der Waals surface area contributed by atoms with E-state index in [2.05, 4.69) is 31.2 Å². The Morgan fingerprint density at radius 2 is 1.47 bits per heavy atom. The van der Waals surface area contributed by atoms with Crippen LogP contribution < -0.4 is 0 Å². The lowest BCUT2D eigenvalue weighted by molar-refractivity contribution is -0.905. The molecule has 244 valence electrons. The van der Waals surface area contributed by atoms with E-state index in [1.807, 2.05) is 48.5 Å². The van der Waals surface area contributed by atoms with Crippen molar-refractivity contribution in [2.75, 3.05) is 27.2 Å². The predicted molar refractivity (Wildman–Crippen MR) is 162 cm³/mol. The minimum Gasteiger partial charge on any atom is -0.481 e. The molecule has 12 heteroatoms. The Hall–Kier alpha value is -4.10. The minimum atomic E-state index is -2.74. The number of quaternary nitrogens is 1. The second kappa shape index (κ2) is 15.8. The number of benzene rings is 2. The van der Waals surface area contributed by atoms with Crippen LogP contribution in [0.3, 0.4) is 0 Å². The van der Waals surface area contributed by atoms with Gasteiger partial charge in [-0.1, -0.05) is 73.5 Å². The topological polar surface area (TPSA) is 188 Å². The van der Waals surface area contributed by atoms with Crippen LogP contribution in [0.5, 0.6) is 0 Å². The summed E-state index contributed by atoms with van der Waals surface area (Å²) in [5, 5.41) is 45.7. The summed E-state index contributed by atoms with van der Waals surface area (Å²) in [5.41, 5.74) is -1.86. The number of hydrogen-bond donors (Lipinski definition) is 5. The van der Waals surface area contributed by atoms with Crippen LogP contribution in [0.25, 0.3) is 0 Å². The van der Waals surface area contributed by atoms with Gasteiger partial charge in [-0.05, 0) is 24.0 Å². The number of aliphatic carboxylic acids is 3. The Bertz CT molecular complexity index is 1370. The molecular weight excluding hydrogens is 584 g/mol. The Morgan fingerprint density at radius 1 is 0.911 bits per heavy atom. The summed E-state index contributed by atoms with van der Waals surface area (Å²) >= 11 is 0. The zero-order chi connectivity index (χ0) is 33.1. The van der Waals surface area contributed by atoms with Gasteiger partial charge in [-0.15, -0.1) is 0 Å². The number of nitrogens with zero attached hydrogens (tertiary/aromatic N) is 2. The molecule has 0 bridgehead atoms. The quantitative estimate of drug-likeness (QED) is 0.122. The minimum absolute atomic E-state index is 0.130. The van der Waals surface area contributed by atoms with Gasteiger partial charge >= 0.3 is 17.9 Å². The van der Waals surface area contributed by atoms with Gasteiger partial charge in [-0.2, -0.15) is 0 Å². The smallest absolute Gasteiger partial charge is 0.336 e. The highest BCUT2D eigenvalue weighted by Gasteiger charge is 2.45. The number of hydrogen-bond acceptors (Lipinski definition) is 8. The summed E-state index contributed by atoms with van der Waals surface area (Å²) in [6, 6.07) is 20.1. The molecule has 3 aromatic rings. The Balaban J connectivity index is 0.000000360. The van der Waals surface area contributed by atoms with E-state index in [1.54, 1.807) is 6.20 Å². The summed E-state index contributed by atoms with van der Waals surface area (Å²) in [6.07, 6.45) is 3.75. The van der Waals surface area contributed by atoms with Gasteiger partial charge in [0.15, 0.2) is 17.0 Å². The maximum Gasteiger partial charge on any atom is 0.336 e. The number of aromatic nitrogens is 1. The maximum absolute atomic E-state index is 11.9. The highest BCUT2D eigenvalue weighted by Crippen LogP contribution is 2.44. The zero-order valence-electron chi connectivity index (χ0n) is 25.7. The van der Waals surface area contributed by atoms with Gasteiger partial charge in [-0.25, -0.2) is 9.78 Å². The molecule has 1 atom stereocenters. The number of carbonyl (C=O) groups is 3. The first-order valence-electron chi connectivity index (χ1n) is 14.8. The van der Waals surface area contributed by atoms with Gasteiger partial charge in [0, 0.05) is 5.92 Å². The van der Waals surface area contributed by atoms with Gasteiger partial charge in [-0.3, -0.25) is 9.59 Å². The van der Waals surface area contributed by atoms with Gasteiger partial charge < -0.3 is 39.2 Å². The Kier molecular flexibility index (Phi) is 12.4. The number of likely N-dealkylation sites (N-methyl/N-ethyl adjacent to an activating group) is 1. The van der Waals surface area contributed by atoms with E-state index in [0.717, 1.165) is 48.0 Å². The molecule has 1 heterocycles. The normalized spacial score (nSPS) is 15.1. The van der Waals surface area contributed by atoms with Crippen LogP contribution in [0.4, 0.5) is 0 Å². The number of oxazole rings is 1. The molecule has 1 aliphatic carbocycles. The Morgan fingerprint density at radius 3 is 2.00 bits per heavy atom. The molecule has 45 heavy (non-hydrogen) atoms. The summed E-state index contributed by atoms with van der Waals surface area (Å²) < 4.78 is 12.8. The van der Waals surface area contributed by atoms with Crippen LogP contribution in [-0.4, -0.2) is 85.8 Å². The largest absolute Gasteiger partial charge is 0.481 e. The molecule has 1 unspecified atom stereocenters.